The van der Waals surface area contributed by atoms with Crippen LogP contribution in [0.15, 0.2) is 37.0 Å². The van der Waals surface area contributed by atoms with E-state index in [2.05, 4.69) is 162 Å². The van der Waals surface area contributed by atoms with Gasteiger partial charge in [0.1, 0.15) is 17.3 Å². The Kier molecular flexibility index (Phi) is 29.6. The Morgan fingerprint density at radius 2 is 0.458 bits per heavy atom. The van der Waals surface area contributed by atoms with Crippen LogP contribution in [0.1, 0.15) is 181 Å². The number of ketones is 3. The highest BCUT2D eigenvalue weighted by atomic mass is 16.3. The molecule has 12 aliphatic rings. The van der Waals surface area contributed by atoms with Gasteiger partial charge in [-0.1, -0.05) is 19.7 Å². The van der Waals surface area contributed by atoms with Gasteiger partial charge in [0.2, 0.25) is 0 Å². The Bertz CT molecular complexity index is 2460. The number of hydrogen-bond donors (Lipinski definition) is 3. The molecule has 0 atom stereocenters. The predicted molar refractivity (Wildman–Crippen MR) is 396 cm³/mol. The molecule has 0 unspecified atom stereocenters. The fraction of sp³-hybridized carbons (Fsp3) is 0.885. The first-order chi connectivity index (χ1) is 45.0. The number of Topliss-reactive ketones (excluding diaryl/α,β-unsaturated/α-hetero) is 3. The number of aliphatic hydroxyl groups excluding tert-OH is 3. The van der Waals surface area contributed by atoms with Crippen molar-refractivity contribution in [2.75, 3.05) is 196 Å². The van der Waals surface area contributed by atoms with Crippen LogP contribution in [0.25, 0.3) is 0 Å². The van der Waals surface area contributed by atoms with E-state index in [1.807, 2.05) is 0 Å². The van der Waals surface area contributed by atoms with E-state index in [9.17, 15) is 19.5 Å². The largest absolute Gasteiger partial charge is 0.512 e. The summed E-state index contributed by atoms with van der Waals surface area (Å²) in [5, 5.41) is 27.4. The van der Waals surface area contributed by atoms with E-state index in [0.29, 0.717) is 143 Å². The molecule has 12 aliphatic heterocycles. The Labute approximate surface area is 586 Å². The van der Waals surface area contributed by atoms with Crippen molar-refractivity contribution >= 4 is 17.3 Å². The summed E-state index contributed by atoms with van der Waals surface area (Å²) in [5.74, 6) is 1.80. The number of carbonyl (C=O) groups is 3. The van der Waals surface area contributed by atoms with Gasteiger partial charge in [-0.3, -0.25) is 53.6 Å². The highest BCUT2D eigenvalue weighted by Crippen LogP contribution is 2.46. The molecule has 0 aliphatic carbocycles. The van der Waals surface area contributed by atoms with Gasteiger partial charge < -0.3 is 34.9 Å². The number of carbonyl (C=O) groups excluding carboxylic acids is 3. The summed E-state index contributed by atoms with van der Waals surface area (Å²) in [4.78, 5) is 62.6. The van der Waals surface area contributed by atoms with Crippen LogP contribution < -0.4 is 0 Å². The molecule has 3 N–H and O–H groups in total. The Morgan fingerprint density at radius 1 is 0.260 bits per heavy atom. The highest BCUT2D eigenvalue weighted by Gasteiger charge is 2.51. The minimum Gasteiger partial charge on any atom is -0.512 e. The van der Waals surface area contributed by atoms with E-state index >= 15 is 0 Å². The zero-order valence-corrected chi connectivity index (χ0v) is 64.2. The van der Waals surface area contributed by atoms with Crippen molar-refractivity contribution < 1.29 is 29.7 Å². The number of nitrogens with zero attached hydrogens (tertiary/aromatic N) is 12. The summed E-state index contributed by atoms with van der Waals surface area (Å²) >= 11 is 0. The summed E-state index contributed by atoms with van der Waals surface area (Å²) in [7, 11) is 0. The van der Waals surface area contributed by atoms with Crippen LogP contribution in [-0.4, -0.2) is 324 Å². The first-order valence-corrected chi connectivity index (χ1v) is 38.4. The normalized spacial score (nSPS) is 26.0. The van der Waals surface area contributed by atoms with Gasteiger partial charge in [-0.25, -0.2) is 0 Å². The minimum atomic E-state index is 0.295. The quantitative estimate of drug-likeness (QED) is 0.112. The molecule has 18 heteroatoms. The molecule has 12 rings (SSSR count). The monoisotopic (exact) mass is 1350 g/mol. The van der Waals surface area contributed by atoms with E-state index in [1.165, 1.54) is 156 Å². The van der Waals surface area contributed by atoms with Crippen LogP contribution in [0.2, 0.25) is 0 Å². The molecule has 12 heterocycles. The van der Waals surface area contributed by atoms with Crippen LogP contribution in [0, 0.1) is 32.5 Å². The SMILES string of the molecule is C=C(O)CN1CC2(CCN(C(C)C)C2)C1.C=C(O)CN1CC2(CCN(C(C)C)CC2)C1.C=C(O)CN1CCC2(CC1)CN(C(C)C)C2.CC(=O)CN1CCC2(C1)CN(C(C)C)C2.CC(=O)CN1CCC2(CC1)CCN(C(C)C)C2.CC(=O)CN1CCC2(CCN(C(C)C)CC2)C1. The second-order valence-corrected chi connectivity index (χ2v) is 35.5. The predicted octanol–water partition coefficient (Wildman–Crippen LogP) is 9.74. The molecule has 0 aromatic heterocycles. The van der Waals surface area contributed by atoms with E-state index in [1.54, 1.807) is 20.8 Å². The lowest BCUT2D eigenvalue weighted by atomic mass is 9.71. The van der Waals surface area contributed by atoms with Crippen LogP contribution in [-0.2, 0) is 14.4 Å². The Balaban J connectivity index is 0.000000163. The zero-order valence-electron chi connectivity index (χ0n) is 64.2. The van der Waals surface area contributed by atoms with Gasteiger partial charge in [0.05, 0.1) is 56.5 Å². The van der Waals surface area contributed by atoms with Gasteiger partial charge >= 0.3 is 0 Å². The lowest BCUT2D eigenvalue weighted by Gasteiger charge is -2.55. The third-order valence-electron chi connectivity index (χ3n) is 24.9. The van der Waals surface area contributed by atoms with Crippen molar-refractivity contribution in [1.82, 2.24) is 58.8 Å². The first-order valence-electron chi connectivity index (χ1n) is 38.4. The summed E-state index contributed by atoms with van der Waals surface area (Å²) in [5.41, 5.74) is 3.30. The van der Waals surface area contributed by atoms with Crippen molar-refractivity contribution in [2.45, 2.75) is 217 Å². The average Bonchev–Trinajstić information content (AvgIpc) is 1.15. The molecule has 0 saturated carbocycles. The van der Waals surface area contributed by atoms with Crippen LogP contribution in [0.5, 0.6) is 0 Å². The van der Waals surface area contributed by atoms with Crippen LogP contribution >= 0.6 is 0 Å². The number of rotatable bonds is 18. The molecular formula is C78H144N12O6. The fourth-order valence-electron chi connectivity index (χ4n) is 18.6. The highest BCUT2D eigenvalue weighted by molar-refractivity contribution is 5.78. The maximum Gasteiger partial charge on any atom is 0.143 e. The third kappa shape index (κ3) is 23.6. The lowest BCUT2D eigenvalue weighted by Crippen LogP contribution is -2.62. The Hall–Kier alpha value is -2.85. The minimum absolute atomic E-state index is 0.295. The summed E-state index contributed by atoms with van der Waals surface area (Å²) < 4.78 is 0. The van der Waals surface area contributed by atoms with E-state index in [4.69, 9.17) is 10.2 Å². The van der Waals surface area contributed by atoms with Gasteiger partial charge in [-0.05, 0) is 281 Å². The van der Waals surface area contributed by atoms with Crippen molar-refractivity contribution in [3.05, 3.63) is 37.0 Å². The average molecular weight is 1350 g/mol. The van der Waals surface area contributed by atoms with E-state index in [-0.39, 0.29) is 0 Å². The van der Waals surface area contributed by atoms with Gasteiger partial charge in [-0.15, -0.1) is 0 Å². The number of likely N-dealkylation sites (tertiary alicyclic amines) is 12. The lowest BCUT2D eigenvalue weighted by molar-refractivity contribution is -0.119. The molecule has 12 fully saturated rings. The molecule has 0 radical (unpaired) electrons. The Morgan fingerprint density at radius 3 is 0.812 bits per heavy atom. The third-order valence-corrected chi connectivity index (χ3v) is 24.9. The maximum absolute atomic E-state index is 11.2. The molecule has 12 saturated heterocycles. The molecule has 0 amide bonds. The molecule has 0 aromatic carbocycles. The topological polar surface area (TPSA) is 151 Å². The molecule has 0 bridgehead atoms. The zero-order chi connectivity index (χ0) is 70.6. The molecular weight excluding hydrogens is 1200 g/mol. The number of aliphatic hydroxyl groups is 3. The van der Waals surface area contributed by atoms with E-state index < -0.39 is 0 Å². The van der Waals surface area contributed by atoms with Crippen LogP contribution in [0.3, 0.4) is 0 Å². The van der Waals surface area contributed by atoms with Gasteiger partial charge in [0, 0.05) is 126 Å². The second kappa shape index (κ2) is 35.4. The van der Waals surface area contributed by atoms with Crippen LogP contribution in [0.4, 0.5) is 0 Å². The van der Waals surface area contributed by atoms with Crippen molar-refractivity contribution in [2.24, 2.45) is 32.5 Å². The first kappa shape index (κ1) is 80.5. The molecule has 18 nitrogen and oxygen atoms in total. The molecule has 0 aromatic rings. The van der Waals surface area contributed by atoms with Crippen molar-refractivity contribution in [1.29, 1.82) is 0 Å². The van der Waals surface area contributed by atoms with Crippen molar-refractivity contribution in [3.63, 3.8) is 0 Å². The summed E-state index contributed by atoms with van der Waals surface area (Å²) in [6.07, 6.45) is 15.7. The smallest absolute Gasteiger partial charge is 0.143 e. The van der Waals surface area contributed by atoms with Gasteiger partial charge in [-0.2, -0.15) is 0 Å². The van der Waals surface area contributed by atoms with E-state index in [0.717, 1.165) is 78.5 Å². The second-order valence-electron chi connectivity index (χ2n) is 35.5. The molecule has 96 heavy (non-hydrogen) atoms. The number of piperidine rings is 4. The summed E-state index contributed by atoms with van der Waals surface area (Å²) in [6, 6.07) is 4.10. The molecule has 6 spiro atoms. The van der Waals surface area contributed by atoms with Gasteiger partial charge in [0.15, 0.2) is 0 Å². The fourth-order valence-corrected chi connectivity index (χ4v) is 18.6. The summed E-state index contributed by atoms with van der Waals surface area (Å²) in [6.45, 7) is 75.6. The maximum atomic E-state index is 11.2. The molecule has 552 valence electrons. The standard InChI is InChI=1S/2C14H26N2O.2C13H24N2O.2C12H22N2O/c1-12(2)16-8-5-14(6-9-16)4-7-15(11-14)10-13(3)17;1-12(2)16-9-6-14(11-16)4-7-15(8-5-14)10-13(3)17;1-11(2)15-6-4-13(5-7-15)9-14(10-13)8-12(3)16;1-11(2)15-9-13(10-15)4-6-14(7-5-13)8-12(3)16;1-10(2)14-5-4-12(9-14)7-13(8-12)6-11(3)15;1-10(2)14-8-12(9-14)4-5-13(7-12)6-11(3)15/h2*12H,4-11H2,1-3H3;2*11,16H,3-10H2,1-2H3;10,15H,3-9H2,1-2H3;10H,4-9H2,1-3H3. The van der Waals surface area contributed by atoms with Crippen molar-refractivity contribution in [3.8, 4) is 0 Å². The number of hydrogen-bond acceptors (Lipinski definition) is 18. The van der Waals surface area contributed by atoms with Gasteiger partial charge in [0.25, 0.3) is 0 Å².